The average molecular weight is 349 g/mol. The van der Waals surface area contributed by atoms with Gasteiger partial charge in [0.05, 0.1) is 17.2 Å². The third kappa shape index (κ3) is 4.04. The summed E-state index contributed by atoms with van der Waals surface area (Å²) in [5, 5.41) is 5.76. The van der Waals surface area contributed by atoms with E-state index >= 15 is 0 Å². The standard InChI is InChI=1S/C15H15N3O3S2/c1-11-5-2-3-6-12(11)10-23(19,20)16-9-14-17-15(18-21-14)13-7-4-8-22-13/h2-8,16H,9-10H2,1H3. The molecule has 2 heterocycles. The Balaban J connectivity index is 1.64. The number of rotatable bonds is 6. The molecule has 0 saturated carbocycles. The van der Waals surface area contributed by atoms with Crippen LogP contribution in [-0.4, -0.2) is 18.6 Å². The van der Waals surface area contributed by atoms with E-state index in [1.54, 1.807) is 6.07 Å². The van der Waals surface area contributed by atoms with Crippen molar-refractivity contribution in [2.45, 2.75) is 19.2 Å². The van der Waals surface area contributed by atoms with Gasteiger partial charge >= 0.3 is 0 Å². The zero-order valence-corrected chi connectivity index (χ0v) is 14.0. The van der Waals surface area contributed by atoms with E-state index in [9.17, 15) is 8.42 Å². The van der Waals surface area contributed by atoms with Crippen LogP contribution in [0.1, 0.15) is 17.0 Å². The molecule has 6 nitrogen and oxygen atoms in total. The van der Waals surface area contributed by atoms with Crippen LogP contribution in [0.4, 0.5) is 0 Å². The van der Waals surface area contributed by atoms with E-state index in [-0.39, 0.29) is 18.2 Å². The summed E-state index contributed by atoms with van der Waals surface area (Å²) >= 11 is 1.49. The second-order valence-corrected chi connectivity index (χ2v) is 7.75. The third-order valence-electron chi connectivity index (χ3n) is 3.26. The summed E-state index contributed by atoms with van der Waals surface area (Å²) in [6.07, 6.45) is 0. The lowest BCUT2D eigenvalue weighted by Crippen LogP contribution is -2.25. The van der Waals surface area contributed by atoms with Crippen LogP contribution in [0.5, 0.6) is 0 Å². The Kier molecular flexibility index (Phi) is 4.56. The maximum Gasteiger partial charge on any atom is 0.242 e. The van der Waals surface area contributed by atoms with Crippen LogP contribution in [0.3, 0.4) is 0 Å². The Bertz CT molecular complexity index is 886. The fourth-order valence-corrected chi connectivity index (χ4v) is 3.86. The van der Waals surface area contributed by atoms with Gasteiger partial charge in [0.25, 0.3) is 0 Å². The molecule has 8 heteroatoms. The summed E-state index contributed by atoms with van der Waals surface area (Å²) in [4.78, 5) is 5.06. The quantitative estimate of drug-likeness (QED) is 0.739. The van der Waals surface area contributed by atoms with Gasteiger partial charge in [0, 0.05) is 0 Å². The van der Waals surface area contributed by atoms with E-state index in [0.29, 0.717) is 5.82 Å². The van der Waals surface area contributed by atoms with E-state index in [1.165, 1.54) is 11.3 Å². The lowest BCUT2D eigenvalue weighted by atomic mass is 10.1. The third-order valence-corrected chi connectivity index (χ3v) is 5.40. The van der Waals surface area contributed by atoms with Crippen molar-refractivity contribution in [3.63, 3.8) is 0 Å². The van der Waals surface area contributed by atoms with Crippen molar-refractivity contribution in [3.8, 4) is 10.7 Å². The monoisotopic (exact) mass is 349 g/mol. The van der Waals surface area contributed by atoms with Crippen LogP contribution >= 0.6 is 11.3 Å². The number of thiophene rings is 1. The highest BCUT2D eigenvalue weighted by Gasteiger charge is 2.15. The van der Waals surface area contributed by atoms with Crippen LogP contribution in [0.15, 0.2) is 46.3 Å². The van der Waals surface area contributed by atoms with E-state index in [4.69, 9.17) is 4.52 Å². The molecule has 0 aliphatic carbocycles. The highest BCUT2D eigenvalue weighted by molar-refractivity contribution is 7.88. The minimum Gasteiger partial charge on any atom is -0.337 e. The molecule has 0 amide bonds. The Morgan fingerprint density at radius 1 is 1.22 bits per heavy atom. The first kappa shape index (κ1) is 15.9. The topological polar surface area (TPSA) is 85.1 Å². The zero-order chi connectivity index (χ0) is 16.3. The van der Waals surface area contributed by atoms with Crippen LogP contribution in [-0.2, 0) is 22.3 Å². The van der Waals surface area contributed by atoms with Gasteiger partial charge in [-0.2, -0.15) is 4.98 Å². The first-order valence-electron chi connectivity index (χ1n) is 6.92. The minimum atomic E-state index is -3.48. The van der Waals surface area contributed by atoms with Gasteiger partial charge in [-0.25, -0.2) is 13.1 Å². The van der Waals surface area contributed by atoms with Gasteiger partial charge in [-0.05, 0) is 29.5 Å². The van der Waals surface area contributed by atoms with Crippen molar-refractivity contribution < 1.29 is 12.9 Å². The van der Waals surface area contributed by atoms with Crippen LogP contribution in [0, 0.1) is 6.92 Å². The van der Waals surface area contributed by atoms with Crippen molar-refractivity contribution in [1.29, 1.82) is 0 Å². The number of nitrogens with zero attached hydrogens (tertiary/aromatic N) is 2. The van der Waals surface area contributed by atoms with Crippen molar-refractivity contribution in [2.24, 2.45) is 0 Å². The van der Waals surface area contributed by atoms with Gasteiger partial charge in [0.2, 0.25) is 21.7 Å². The van der Waals surface area contributed by atoms with E-state index < -0.39 is 10.0 Å². The molecule has 0 bridgehead atoms. The lowest BCUT2D eigenvalue weighted by Gasteiger charge is -2.07. The fraction of sp³-hybridized carbons (Fsp3) is 0.200. The minimum absolute atomic E-state index is 0.0212. The molecular weight excluding hydrogens is 334 g/mol. The molecule has 0 spiro atoms. The zero-order valence-electron chi connectivity index (χ0n) is 12.4. The number of hydrogen-bond donors (Lipinski definition) is 1. The first-order chi connectivity index (χ1) is 11.0. The molecule has 3 aromatic rings. The maximum atomic E-state index is 12.2. The maximum absolute atomic E-state index is 12.2. The SMILES string of the molecule is Cc1ccccc1CS(=O)(=O)NCc1nc(-c2cccs2)no1. The second kappa shape index (κ2) is 6.61. The predicted octanol–water partition coefficient (Wildman–Crippen LogP) is 2.73. The Morgan fingerprint density at radius 2 is 2.04 bits per heavy atom. The Labute approximate surface area is 138 Å². The van der Waals surface area contributed by atoms with Gasteiger partial charge in [0.15, 0.2) is 0 Å². The van der Waals surface area contributed by atoms with Crippen molar-refractivity contribution in [2.75, 3.05) is 0 Å². The Hall–Kier alpha value is -2.03. The molecule has 3 rings (SSSR count). The summed E-state index contributed by atoms with van der Waals surface area (Å²) in [5.74, 6) is 0.626. The van der Waals surface area contributed by atoms with Crippen molar-refractivity contribution in [3.05, 3.63) is 58.8 Å². The van der Waals surface area contributed by atoms with Crippen molar-refractivity contribution in [1.82, 2.24) is 14.9 Å². The summed E-state index contributed by atoms with van der Waals surface area (Å²) < 4.78 is 31.9. The molecule has 2 aromatic heterocycles. The van der Waals surface area contributed by atoms with Gasteiger partial charge in [-0.3, -0.25) is 0 Å². The number of aryl methyl sites for hydroxylation is 1. The summed E-state index contributed by atoms with van der Waals surface area (Å²) in [5.41, 5.74) is 1.71. The molecule has 0 unspecified atom stereocenters. The molecule has 0 saturated heterocycles. The molecule has 0 fully saturated rings. The average Bonchev–Trinajstić information content (AvgIpc) is 3.18. The molecular formula is C15H15N3O3S2. The Morgan fingerprint density at radius 3 is 2.78 bits per heavy atom. The lowest BCUT2D eigenvalue weighted by molar-refractivity contribution is 0.376. The molecule has 23 heavy (non-hydrogen) atoms. The van der Waals surface area contributed by atoms with Gasteiger partial charge < -0.3 is 4.52 Å². The van der Waals surface area contributed by atoms with Crippen LogP contribution in [0.2, 0.25) is 0 Å². The molecule has 0 radical (unpaired) electrons. The van der Waals surface area contributed by atoms with Crippen LogP contribution in [0.25, 0.3) is 10.7 Å². The van der Waals surface area contributed by atoms with E-state index in [2.05, 4.69) is 14.9 Å². The number of hydrogen-bond acceptors (Lipinski definition) is 6. The van der Waals surface area contributed by atoms with E-state index in [1.807, 2.05) is 42.6 Å². The largest absolute Gasteiger partial charge is 0.337 e. The highest BCUT2D eigenvalue weighted by atomic mass is 32.2. The summed E-state index contributed by atoms with van der Waals surface area (Å²) in [7, 11) is -3.48. The van der Waals surface area contributed by atoms with Gasteiger partial charge in [-0.1, -0.05) is 35.5 Å². The summed E-state index contributed by atoms with van der Waals surface area (Å²) in [6.45, 7) is 1.86. The molecule has 0 atom stereocenters. The van der Waals surface area contributed by atoms with Crippen molar-refractivity contribution >= 4 is 21.4 Å². The second-order valence-electron chi connectivity index (χ2n) is 5.00. The number of aromatic nitrogens is 2. The molecule has 120 valence electrons. The molecule has 1 N–H and O–H groups in total. The van der Waals surface area contributed by atoms with Gasteiger partial charge in [0.1, 0.15) is 0 Å². The van der Waals surface area contributed by atoms with Crippen LogP contribution < -0.4 is 4.72 Å². The highest BCUT2D eigenvalue weighted by Crippen LogP contribution is 2.21. The summed E-state index contributed by atoms with van der Waals surface area (Å²) in [6, 6.07) is 11.2. The number of benzene rings is 1. The van der Waals surface area contributed by atoms with E-state index in [0.717, 1.165) is 16.0 Å². The van der Waals surface area contributed by atoms with Gasteiger partial charge in [-0.15, -0.1) is 11.3 Å². The molecule has 1 aromatic carbocycles. The predicted molar refractivity (Wildman–Crippen MR) is 88.3 cm³/mol. The number of nitrogens with one attached hydrogen (secondary N) is 1. The molecule has 0 aliphatic rings. The number of sulfonamides is 1. The fourth-order valence-electron chi connectivity index (χ4n) is 2.03. The smallest absolute Gasteiger partial charge is 0.242 e. The first-order valence-corrected chi connectivity index (χ1v) is 9.45. The normalized spacial score (nSPS) is 11.7. The molecule has 0 aliphatic heterocycles.